The molecule has 0 bridgehead atoms. The molecular formula is C18H13F2N3O2. The molecular weight excluding hydrogens is 328 g/mol. The first-order chi connectivity index (χ1) is 12.1. The fourth-order valence-corrected chi connectivity index (χ4v) is 2.23. The fourth-order valence-electron chi connectivity index (χ4n) is 2.23. The zero-order chi connectivity index (χ0) is 17.8. The highest BCUT2D eigenvalue weighted by molar-refractivity contribution is 6.06. The Bertz CT molecular complexity index is 937. The minimum Gasteiger partial charge on any atom is -0.494 e. The molecule has 3 rings (SSSR count). The molecule has 5 nitrogen and oxygen atoms in total. The molecule has 1 heterocycles. The number of aromatic nitrogens is 3. The van der Waals surface area contributed by atoms with E-state index in [2.05, 4.69) is 10.1 Å². The van der Waals surface area contributed by atoms with Crippen molar-refractivity contribution in [3.8, 4) is 11.4 Å². The van der Waals surface area contributed by atoms with E-state index in [1.165, 1.54) is 60.9 Å². The van der Waals surface area contributed by atoms with Crippen molar-refractivity contribution in [2.24, 2.45) is 0 Å². The third-order valence-corrected chi connectivity index (χ3v) is 3.50. The molecule has 25 heavy (non-hydrogen) atoms. The quantitative estimate of drug-likeness (QED) is 0.527. The molecule has 0 unspecified atom stereocenters. The zero-order valence-corrected chi connectivity index (χ0v) is 13.2. The lowest BCUT2D eigenvalue weighted by atomic mass is 10.1. The van der Waals surface area contributed by atoms with E-state index in [1.54, 1.807) is 6.07 Å². The van der Waals surface area contributed by atoms with Crippen molar-refractivity contribution in [3.05, 3.63) is 77.9 Å². The van der Waals surface area contributed by atoms with Gasteiger partial charge in [-0.25, -0.2) is 18.4 Å². The molecule has 0 aliphatic heterocycles. The van der Waals surface area contributed by atoms with E-state index in [1.807, 2.05) is 0 Å². The Hall–Kier alpha value is -3.35. The van der Waals surface area contributed by atoms with Crippen molar-refractivity contribution in [1.29, 1.82) is 0 Å². The highest BCUT2D eigenvalue weighted by atomic mass is 19.1. The standard InChI is InChI=1S/C18H13F2N3O2/c1-25-18-7-4-13(9-15(18)20)17(24)6-3-12-2-5-16(14(19)8-12)23-11-21-10-22-23/h2-11H,1H3/b6-3+. The van der Waals surface area contributed by atoms with Gasteiger partial charge in [-0.15, -0.1) is 0 Å². The lowest BCUT2D eigenvalue weighted by molar-refractivity contribution is 0.104. The van der Waals surface area contributed by atoms with Crippen LogP contribution in [0.3, 0.4) is 0 Å². The van der Waals surface area contributed by atoms with E-state index < -0.39 is 17.4 Å². The van der Waals surface area contributed by atoms with E-state index in [0.29, 0.717) is 5.56 Å². The van der Waals surface area contributed by atoms with Crippen molar-refractivity contribution in [3.63, 3.8) is 0 Å². The molecule has 7 heteroatoms. The zero-order valence-electron chi connectivity index (χ0n) is 13.2. The molecule has 0 aliphatic carbocycles. The maximum atomic E-state index is 14.1. The summed E-state index contributed by atoms with van der Waals surface area (Å²) in [5.74, 6) is -1.46. The predicted molar refractivity (Wildman–Crippen MR) is 87.6 cm³/mol. The minimum atomic E-state index is -0.620. The van der Waals surface area contributed by atoms with Crippen LogP contribution >= 0.6 is 0 Å². The molecule has 0 radical (unpaired) electrons. The van der Waals surface area contributed by atoms with Gasteiger partial charge < -0.3 is 4.74 Å². The van der Waals surface area contributed by atoms with Gasteiger partial charge in [-0.3, -0.25) is 4.79 Å². The summed E-state index contributed by atoms with van der Waals surface area (Å²) in [6, 6.07) is 8.38. The Kier molecular flexibility index (Phi) is 4.65. The van der Waals surface area contributed by atoms with Gasteiger partial charge in [0.2, 0.25) is 0 Å². The van der Waals surface area contributed by atoms with Gasteiger partial charge >= 0.3 is 0 Å². The van der Waals surface area contributed by atoms with Crippen LogP contribution in [0.25, 0.3) is 11.8 Å². The van der Waals surface area contributed by atoms with Crippen molar-refractivity contribution in [2.45, 2.75) is 0 Å². The van der Waals surface area contributed by atoms with Crippen LogP contribution in [-0.2, 0) is 0 Å². The second-order valence-electron chi connectivity index (χ2n) is 5.10. The number of nitrogens with zero attached hydrogens (tertiary/aromatic N) is 3. The maximum Gasteiger partial charge on any atom is 0.185 e. The molecule has 0 saturated carbocycles. The van der Waals surface area contributed by atoms with Gasteiger partial charge in [0.05, 0.1) is 7.11 Å². The molecule has 126 valence electrons. The molecule has 0 aliphatic rings. The number of carbonyl (C=O) groups excluding carboxylic acids is 1. The van der Waals surface area contributed by atoms with E-state index in [0.717, 1.165) is 6.07 Å². The van der Waals surface area contributed by atoms with Crippen LogP contribution < -0.4 is 4.74 Å². The molecule has 0 N–H and O–H groups in total. The summed E-state index contributed by atoms with van der Waals surface area (Å²) in [6.07, 6.45) is 5.40. The van der Waals surface area contributed by atoms with Crippen LogP contribution in [0.2, 0.25) is 0 Å². The molecule has 2 aromatic carbocycles. The van der Waals surface area contributed by atoms with Gasteiger partial charge in [0.25, 0.3) is 0 Å². The largest absolute Gasteiger partial charge is 0.494 e. The van der Waals surface area contributed by atoms with Crippen LogP contribution in [0.1, 0.15) is 15.9 Å². The smallest absolute Gasteiger partial charge is 0.185 e. The number of methoxy groups -OCH3 is 1. The fraction of sp³-hybridized carbons (Fsp3) is 0.0556. The van der Waals surface area contributed by atoms with Gasteiger partial charge in [-0.2, -0.15) is 5.10 Å². The van der Waals surface area contributed by atoms with E-state index in [-0.39, 0.29) is 17.0 Å². The Morgan fingerprint density at radius 2 is 2.00 bits per heavy atom. The molecule has 0 atom stereocenters. The Morgan fingerprint density at radius 3 is 2.64 bits per heavy atom. The summed E-state index contributed by atoms with van der Waals surface area (Å²) in [6.45, 7) is 0. The van der Waals surface area contributed by atoms with Crippen molar-refractivity contribution >= 4 is 11.9 Å². The normalized spacial score (nSPS) is 11.0. The van der Waals surface area contributed by atoms with Crippen LogP contribution in [0, 0.1) is 11.6 Å². The number of allylic oxidation sites excluding steroid dienone is 1. The highest BCUT2D eigenvalue weighted by Gasteiger charge is 2.09. The van der Waals surface area contributed by atoms with E-state index >= 15 is 0 Å². The van der Waals surface area contributed by atoms with Crippen LogP contribution in [-0.4, -0.2) is 27.7 Å². The van der Waals surface area contributed by atoms with Crippen LogP contribution in [0.15, 0.2) is 55.1 Å². The number of rotatable bonds is 5. The third kappa shape index (κ3) is 3.60. The lowest BCUT2D eigenvalue weighted by Gasteiger charge is -2.04. The maximum absolute atomic E-state index is 14.1. The highest BCUT2D eigenvalue weighted by Crippen LogP contribution is 2.19. The lowest BCUT2D eigenvalue weighted by Crippen LogP contribution is -1.99. The summed E-state index contributed by atoms with van der Waals surface area (Å²) in [5, 5.41) is 3.86. The predicted octanol–water partition coefficient (Wildman–Crippen LogP) is 3.45. The first-order valence-corrected chi connectivity index (χ1v) is 7.29. The van der Waals surface area contributed by atoms with Gasteiger partial charge in [-0.05, 0) is 42.0 Å². The minimum absolute atomic E-state index is 0.0614. The monoisotopic (exact) mass is 341 g/mol. The van der Waals surface area contributed by atoms with Gasteiger partial charge in [0, 0.05) is 5.56 Å². The third-order valence-electron chi connectivity index (χ3n) is 3.50. The molecule has 0 fully saturated rings. The number of hydrogen-bond acceptors (Lipinski definition) is 4. The number of hydrogen-bond donors (Lipinski definition) is 0. The Morgan fingerprint density at radius 1 is 1.16 bits per heavy atom. The summed E-state index contributed by atoms with van der Waals surface area (Å²) in [4.78, 5) is 15.9. The number of ketones is 1. The second-order valence-corrected chi connectivity index (χ2v) is 5.10. The molecule has 3 aromatic rings. The molecule has 0 saturated heterocycles. The van der Waals surface area contributed by atoms with Crippen LogP contribution in [0.4, 0.5) is 8.78 Å². The van der Waals surface area contributed by atoms with E-state index in [4.69, 9.17) is 4.74 Å². The van der Waals surface area contributed by atoms with Gasteiger partial charge in [0.15, 0.2) is 17.3 Å². The average molecular weight is 341 g/mol. The van der Waals surface area contributed by atoms with Crippen LogP contribution in [0.5, 0.6) is 5.75 Å². The summed E-state index contributed by atoms with van der Waals surface area (Å²) in [5.41, 5.74) is 0.913. The van der Waals surface area contributed by atoms with E-state index in [9.17, 15) is 13.6 Å². The Balaban J connectivity index is 1.78. The molecule has 0 spiro atoms. The topological polar surface area (TPSA) is 57.0 Å². The molecule has 0 amide bonds. The van der Waals surface area contributed by atoms with Gasteiger partial charge in [-0.1, -0.05) is 12.1 Å². The second kappa shape index (κ2) is 7.04. The van der Waals surface area contributed by atoms with Crippen molar-refractivity contribution in [1.82, 2.24) is 14.8 Å². The van der Waals surface area contributed by atoms with Crippen molar-refractivity contribution < 1.29 is 18.3 Å². The first-order valence-electron chi connectivity index (χ1n) is 7.29. The number of carbonyl (C=O) groups is 1. The Labute approximate surface area is 142 Å². The summed E-state index contributed by atoms with van der Waals surface area (Å²) in [7, 11) is 1.34. The first kappa shape index (κ1) is 16.5. The number of ether oxygens (including phenoxy) is 1. The van der Waals surface area contributed by atoms with Crippen molar-refractivity contribution in [2.75, 3.05) is 7.11 Å². The summed E-state index contributed by atoms with van der Waals surface area (Å²) < 4.78 is 33.9. The number of halogens is 2. The SMILES string of the molecule is COc1ccc(C(=O)/C=C/c2ccc(-n3cncn3)c(F)c2)cc1F. The summed E-state index contributed by atoms with van der Waals surface area (Å²) >= 11 is 0. The molecule has 1 aromatic heterocycles. The van der Waals surface area contributed by atoms with Gasteiger partial charge in [0.1, 0.15) is 24.2 Å². The average Bonchev–Trinajstić information content (AvgIpc) is 3.14. The number of benzene rings is 2.